The van der Waals surface area contributed by atoms with Crippen LogP contribution in [0.1, 0.15) is 43.6 Å². The van der Waals surface area contributed by atoms with Gasteiger partial charge in [0.2, 0.25) is 0 Å². The van der Waals surface area contributed by atoms with Crippen molar-refractivity contribution in [1.82, 2.24) is 0 Å². The van der Waals surface area contributed by atoms with E-state index in [9.17, 15) is 4.79 Å². The maximum absolute atomic E-state index is 10.9. The number of hydrogen-bond acceptors (Lipinski definition) is 2. The molecule has 0 unspecified atom stereocenters. The van der Waals surface area contributed by atoms with E-state index in [2.05, 4.69) is 11.7 Å². The van der Waals surface area contributed by atoms with Crippen molar-refractivity contribution in [3.8, 4) is 0 Å². The molecule has 0 aliphatic carbocycles. The van der Waals surface area contributed by atoms with Crippen LogP contribution in [0.4, 0.5) is 0 Å². The number of carbonyl (C=O) groups is 1. The molecule has 0 atom stereocenters. The Balaban J connectivity index is 0. The van der Waals surface area contributed by atoms with Crippen molar-refractivity contribution in [3.63, 3.8) is 0 Å². The summed E-state index contributed by atoms with van der Waals surface area (Å²) in [5.74, 6) is 0.139. The Bertz CT molecular complexity index is 280. The maximum atomic E-state index is 10.9. The number of benzene rings is 1. The van der Waals surface area contributed by atoms with E-state index in [1.807, 2.05) is 38.1 Å². The van der Waals surface area contributed by atoms with Gasteiger partial charge in [0.1, 0.15) is 0 Å². The first-order valence-electron chi connectivity index (χ1n) is 5.65. The molecule has 2 nitrogen and oxygen atoms in total. The molecule has 0 bridgehead atoms. The minimum absolute atomic E-state index is 0.139. The highest BCUT2D eigenvalue weighted by Gasteiger charge is 1.97. The summed E-state index contributed by atoms with van der Waals surface area (Å²) in [5, 5.41) is 0. The minimum Gasteiger partial charge on any atom is -0.388 e. The van der Waals surface area contributed by atoms with Crippen LogP contribution in [0.2, 0.25) is 0 Å². The number of methoxy groups -OCH3 is 1. The van der Waals surface area contributed by atoms with Crippen LogP contribution < -0.4 is 0 Å². The van der Waals surface area contributed by atoms with Crippen molar-refractivity contribution in [1.29, 1.82) is 0 Å². The summed E-state index contributed by atoms with van der Waals surface area (Å²) in [6.45, 7) is 7.67. The van der Waals surface area contributed by atoms with Gasteiger partial charge in [0.15, 0.2) is 5.78 Å². The highest BCUT2D eigenvalue weighted by Crippen LogP contribution is 2.05. The summed E-state index contributed by atoms with van der Waals surface area (Å²) in [6.07, 6.45) is 0.987. The van der Waals surface area contributed by atoms with E-state index in [-0.39, 0.29) is 5.78 Å². The molecule has 0 spiro atoms. The van der Waals surface area contributed by atoms with Gasteiger partial charge in [0, 0.05) is 19.8 Å². The van der Waals surface area contributed by atoms with Crippen LogP contribution in [0, 0.1) is 0 Å². The molecule has 1 rings (SSSR count). The summed E-state index contributed by atoms with van der Waals surface area (Å²) in [6, 6.07) is 7.76. The molecule has 0 radical (unpaired) electrons. The second-order valence-corrected chi connectivity index (χ2v) is 3.02. The molecule has 0 saturated heterocycles. The summed E-state index contributed by atoms with van der Waals surface area (Å²) >= 11 is 0. The smallest absolute Gasteiger partial charge is 0.159 e. The van der Waals surface area contributed by atoms with Crippen molar-refractivity contribution in [2.24, 2.45) is 0 Å². The summed E-state index contributed by atoms with van der Waals surface area (Å²) < 4.78 is 4.25. The molecule has 0 amide bonds. The van der Waals surface area contributed by atoms with Crippen molar-refractivity contribution >= 4 is 5.78 Å². The van der Waals surface area contributed by atoms with Gasteiger partial charge in [-0.3, -0.25) is 4.79 Å². The van der Waals surface area contributed by atoms with Crippen LogP contribution in [0.3, 0.4) is 0 Å². The van der Waals surface area contributed by atoms with Gasteiger partial charge in [-0.15, -0.1) is 0 Å². The van der Waals surface area contributed by atoms with Crippen LogP contribution >= 0.6 is 0 Å². The second-order valence-electron chi connectivity index (χ2n) is 3.02. The van der Waals surface area contributed by atoms with E-state index in [4.69, 9.17) is 0 Å². The summed E-state index contributed by atoms with van der Waals surface area (Å²) in [5.41, 5.74) is 2.03. The van der Waals surface area contributed by atoms with Crippen molar-refractivity contribution in [2.45, 2.75) is 34.1 Å². The van der Waals surface area contributed by atoms with E-state index < -0.39 is 0 Å². The van der Waals surface area contributed by atoms with Gasteiger partial charge >= 0.3 is 0 Å². The van der Waals surface area contributed by atoms with Gasteiger partial charge < -0.3 is 4.74 Å². The van der Waals surface area contributed by atoms with Crippen LogP contribution in [0.5, 0.6) is 0 Å². The number of rotatable bonds is 2. The highest BCUT2D eigenvalue weighted by molar-refractivity contribution is 5.94. The molecule has 0 N–H and O–H groups in total. The zero-order valence-corrected chi connectivity index (χ0v) is 11.3. The van der Waals surface area contributed by atoms with Crippen LogP contribution in [0.15, 0.2) is 24.3 Å². The molecule has 2 heteroatoms. The van der Waals surface area contributed by atoms with Crippen LogP contribution in [0.25, 0.3) is 0 Å². The minimum atomic E-state index is 0.139. The lowest BCUT2D eigenvalue weighted by atomic mass is 10.1. The van der Waals surface area contributed by atoms with E-state index >= 15 is 0 Å². The Morgan fingerprint density at radius 3 is 2.12 bits per heavy atom. The zero-order valence-electron chi connectivity index (χ0n) is 11.3. The lowest BCUT2D eigenvalue weighted by Crippen LogP contribution is -1.92. The fourth-order valence-electron chi connectivity index (χ4n) is 1.01. The standard InChI is InChI=1S/C10H12O.C2H6O.C2H6/c1-3-9-5-4-6-10(7-9)8(2)11;1-3-2;1-2/h4-7H,3H2,1-2H3;1-2H3;1-2H3. The molecule has 1 aromatic carbocycles. The van der Waals surface area contributed by atoms with Crippen molar-refractivity contribution in [3.05, 3.63) is 35.4 Å². The predicted molar refractivity (Wildman–Crippen MR) is 70.1 cm³/mol. The molecule has 0 aromatic heterocycles. The zero-order chi connectivity index (χ0) is 13.0. The summed E-state index contributed by atoms with van der Waals surface area (Å²) in [7, 11) is 3.25. The van der Waals surface area contributed by atoms with Gasteiger partial charge in [-0.2, -0.15) is 0 Å². The van der Waals surface area contributed by atoms with Gasteiger partial charge in [0.05, 0.1) is 0 Å². The molecule has 0 aliphatic rings. The summed E-state index contributed by atoms with van der Waals surface area (Å²) in [4.78, 5) is 10.9. The maximum Gasteiger partial charge on any atom is 0.159 e. The topological polar surface area (TPSA) is 26.3 Å². The number of hydrogen-bond donors (Lipinski definition) is 0. The molecular formula is C14H24O2. The first kappa shape index (κ1) is 17.3. The average Bonchev–Trinajstić information content (AvgIpc) is 2.33. The fraction of sp³-hybridized carbons (Fsp3) is 0.500. The molecule has 0 saturated carbocycles. The molecular weight excluding hydrogens is 200 g/mol. The predicted octanol–water partition coefficient (Wildman–Crippen LogP) is 3.74. The SMILES string of the molecule is CC.CCc1cccc(C(C)=O)c1.COC. The Kier molecular flexibility index (Phi) is 12.9. The van der Waals surface area contributed by atoms with Gasteiger partial charge in [0.25, 0.3) is 0 Å². The quantitative estimate of drug-likeness (QED) is 0.715. The first-order chi connectivity index (χ1) is 7.65. The average molecular weight is 224 g/mol. The lowest BCUT2D eigenvalue weighted by molar-refractivity contribution is 0.101. The molecule has 0 fully saturated rings. The Morgan fingerprint density at radius 2 is 1.75 bits per heavy atom. The van der Waals surface area contributed by atoms with Crippen LogP contribution in [-0.4, -0.2) is 20.0 Å². The number of aryl methyl sites for hydroxylation is 1. The fourth-order valence-corrected chi connectivity index (χ4v) is 1.01. The van der Waals surface area contributed by atoms with Gasteiger partial charge in [-0.25, -0.2) is 0 Å². The monoisotopic (exact) mass is 224 g/mol. The Hall–Kier alpha value is -1.15. The third-order valence-corrected chi connectivity index (χ3v) is 1.74. The van der Waals surface area contributed by atoms with Crippen molar-refractivity contribution in [2.75, 3.05) is 14.2 Å². The largest absolute Gasteiger partial charge is 0.388 e. The van der Waals surface area contributed by atoms with E-state index in [0.29, 0.717) is 0 Å². The first-order valence-corrected chi connectivity index (χ1v) is 5.65. The van der Waals surface area contributed by atoms with E-state index in [1.165, 1.54) is 5.56 Å². The number of carbonyl (C=O) groups excluding carboxylic acids is 1. The van der Waals surface area contributed by atoms with Crippen molar-refractivity contribution < 1.29 is 9.53 Å². The third-order valence-electron chi connectivity index (χ3n) is 1.74. The highest BCUT2D eigenvalue weighted by atomic mass is 16.4. The van der Waals surface area contributed by atoms with E-state index in [1.54, 1.807) is 21.1 Å². The number of ketones is 1. The number of ether oxygens (including phenoxy) is 1. The number of Topliss-reactive ketones (excluding diaryl/α,β-unsaturated/α-hetero) is 1. The molecule has 92 valence electrons. The lowest BCUT2D eigenvalue weighted by Gasteiger charge is -1.98. The molecule has 1 aromatic rings. The third kappa shape index (κ3) is 8.18. The molecule has 0 heterocycles. The second kappa shape index (κ2) is 11.9. The molecule has 0 aliphatic heterocycles. The van der Waals surface area contributed by atoms with Crippen LogP contribution in [-0.2, 0) is 11.2 Å². The Morgan fingerprint density at radius 1 is 1.25 bits per heavy atom. The normalized spacial score (nSPS) is 8.12. The van der Waals surface area contributed by atoms with Gasteiger partial charge in [-0.05, 0) is 25.0 Å². The van der Waals surface area contributed by atoms with E-state index in [0.717, 1.165) is 12.0 Å². The molecule has 16 heavy (non-hydrogen) atoms. The van der Waals surface area contributed by atoms with Gasteiger partial charge in [-0.1, -0.05) is 39.0 Å². The Labute approximate surface area is 99.6 Å².